The number of fused-ring (bicyclic) bond motifs is 3. The van der Waals surface area contributed by atoms with Crippen LogP contribution in [0.3, 0.4) is 0 Å². The molecule has 5 rings (SSSR count). The summed E-state index contributed by atoms with van der Waals surface area (Å²) in [5.74, 6) is 0.693. The first-order chi connectivity index (χ1) is 15.6. The van der Waals surface area contributed by atoms with E-state index in [2.05, 4.69) is 27.0 Å². The molecule has 1 aliphatic rings. The van der Waals surface area contributed by atoms with Crippen molar-refractivity contribution < 1.29 is 9.50 Å². The van der Waals surface area contributed by atoms with Crippen molar-refractivity contribution in [2.45, 2.75) is 64.6 Å². The minimum absolute atomic E-state index is 0.0866. The second kappa shape index (κ2) is 7.65. The Kier molecular flexibility index (Phi) is 5.00. The van der Waals surface area contributed by atoms with E-state index in [0.717, 1.165) is 25.1 Å². The van der Waals surface area contributed by atoms with Crippen LogP contribution in [0.15, 0.2) is 24.5 Å². The van der Waals surface area contributed by atoms with Gasteiger partial charge in [-0.1, -0.05) is 0 Å². The largest absolute Gasteiger partial charge is 0.389 e. The van der Waals surface area contributed by atoms with E-state index in [9.17, 15) is 9.50 Å². The number of nitrogens with zero attached hydrogens (tertiary/aromatic N) is 7. The second-order valence-electron chi connectivity index (χ2n) is 9.78. The molecule has 1 saturated heterocycles. The molecule has 1 aliphatic heterocycles. The molecular weight excluding hydrogens is 423 g/mol. The number of nitrogen functional groups attached to an aromatic ring is 1. The normalized spacial score (nSPS) is 19.6. The van der Waals surface area contributed by atoms with Gasteiger partial charge in [0.2, 0.25) is 5.95 Å². The van der Waals surface area contributed by atoms with Crippen molar-refractivity contribution in [2.24, 2.45) is 0 Å². The minimum atomic E-state index is -0.839. The number of nitrogens with two attached hydrogens (primary N) is 1. The van der Waals surface area contributed by atoms with E-state index in [4.69, 9.17) is 10.7 Å². The van der Waals surface area contributed by atoms with Gasteiger partial charge in [0.1, 0.15) is 5.82 Å². The number of aliphatic hydroxyl groups is 1. The lowest BCUT2D eigenvalue weighted by atomic mass is 9.92. The maximum Gasteiger partial charge on any atom is 0.223 e. The molecule has 1 fully saturated rings. The molecule has 0 saturated carbocycles. The number of benzene rings is 1. The van der Waals surface area contributed by atoms with Gasteiger partial charge in [-0.2, -0.15) is 9.61 Å². The molecule has 3 aromatic heterocycles. The monoisotopic (exact) mass is 452 g/mol. The molecule has 3 N–H and O–H groups in total. The molecule has 9 nitrogen and oxygen atoms in total. The number of halogens is 1. The van der Waals surface area contributed by atoms with Gasteiger partial charge in [0.15, 0.2) is 11.5 Å². The highest BCUT2D eigenvalue weighted by atomic mass is 19.1. The summed E-state index contributed by atoms with van der Waals surface area (Å²) in [5.41, 5.74) is 7.97. The summed E-state index contributed by atoms with van der Waals surface area (Å²) in [6.07, 6.45) is 5.71. The van der Waals surface area contributed by atoms with Crippen LogP contribution in [0.5, 0.6) is 0 Å². The topological polar surface area (TPSA) is 110 Å². The third-order valence-corrected chi connectivity index (χ3v) is 6.34. The molecule has 2 unspecified atom stereocenters. The molecule has 0 amide bonds. The van der Waals surface area contributed by atoms with E-state index in [-0.39, 0.29) is 17.7 Å². The predicted molar refractivity (Wildman–Crippen MR) is 125 cm³/mol. The van der Waals surface area contributed by atoms with Gasteiger partial charge < -0.3 is 15.7 Å². The molecule has 4 aromatic rings. The lowest BCUT2D eigenvalue weighted by molar-refractivity contribution is 0.0577. The van der Waals surface area contributed by atoms with Crippen LogP contribution in [0, 0.1) is 12.7 Å². The Bertz CT molecular complexity index is 1340. The zero-order chi connectivity index (χ0) is 23.5. The third kappa shape index (κ3) is 3.99. The Morgan fingerprint density at radius 1 is 1.24 bits per heavy atom. The van der Waals surface area contributed by atoms with Crippen molar-refractivity contribution in [3.05, 3.63) is 41.7 Å². The van der Waals surface area contributed by atoms with E-state index >= 15 is 0 Å². The van der Waals surface area contributed by atoms with E-state index in [1.165, 1.54) is 10.6 Å². The molecule has 4 heterocycles. The zero-order valence-corrected chi connectivity index (χ0v) is 19.3. The Hall–Kier alpha value is -3.27. The molecule has 2 atom stereocenters. The molecule has 174 valence electrons. The lowest BCUT2D eigenvalue weighted by Gasteiger charge is -2.37. The van der Waals surface area contributed by atoms with Gasteiger partial charge in [-0.25, -0.2) is 14.4 Å². The number of rotatable bonds is 4. The van der Waals surface area contributed by atoms with Crippen molar-refractivity contribution in [2.75, 3.05) is 17.2 Å². The Balaban J connectivity index is 1.48. The summed E-state index contributed by atoms with van der Waals surface area (Å²) in [6.45, 7) is 8.57. The van der Waals surface area contributed by atoms with Crippen LogP contribution in [0.25, 0.3) is 16.6 Å². The molecule has 10 heteroatoms. The lowest BCUT2D eigenvalue weighted by Crippen LogP contribution is -2.41. The average Bonchev–Trinajstić information content (AvgIpc) is 3.37. The van der Waals surface area contributed by atoms with Gasteiger partial charge in [-0.3, -0.25) is 4.68 Å². The summed E-state index contributed by atoms with van der Waals surface area (Å²) < 4.78 is 17.6. The summed E-state index contributed by atoms with van der Waals surface area (Å²) in [5, 5.41) is 19.8. The number of hydrogen-bond acceptors (Lipinski definition) is 7. The second-order valence-corrected chi connectivity index (χ2v) is 9.78. The van der Waals surface area contributed by atoms with Crippen LogP contribution >= 0.6 is 0 Å². The van der Waals surface area contributed by atoms with Gasteiger partial charge >= 0.3 is 0 Å². The van der Waals surface area contributed by atoms with Crippen LogP contribution in [-0.4, -0.2) is 52.7 Å². The average molecular weight is 453 g/mol. The molecule has 33 heavy (non-hydrogen) atoms. The van der Waals surface area contributed by atoms with Crippen molar-refractivity contribution >= 4 is 28.2 Å². The van der Waals surface area contributed by atoms with Gasteiger partial charge in [0.05, 0.1) is 29.5 Å². The van der Waals surface area contributed by atoms with Gasteiger partial charge in [-0.05, 0) is 58.2 Å². The van der Waals surface area contributed by atoms with Crippen molar-refractivity contribution in [3.8, 4) is 0 Å². The minimum Gasteiger partial charge on any atom is -0.389 e. The van der Waals surface area contributed by atoms with E-state index in [1.54, 1.807) is 31.5 Å². The van der Waals surface area contributed by atoms with Crippen LogP contribution in [-0.2, 0) is 6.54 Å². The van der Waals surface area contributed by atoms with Crippen LogP contribution in [0.2, 0.25) is 0 Å². The standard InChI is InChI=1S/C23H29FN8O/c1-13-7-19-17(8-18(13)24)21-28-20(29-32(21)22(25)27-19)15-6-5-14(2)31(10-15)16-9-26-30(11-16)12-23(3,4)33/h7-9,11,14-15,33H,5-6,10,12H2,1-4H3,(H2,25,27). The first-order valence-electron chi connectivity index (χ1n) is 11.2. The summed E-state index contributed by atoms with van der Waals surface area (Å²) in [4.78, 5) is 11.5. The van der Waals surface area contributed by atoms with Crippen LogP contribution < -0.4 is 10.6 Å². The number of hydrogen-bond donors (Lipinski definition) is 2. The number of aryl methyl sites for hydroxylation is 1. The first kappa shape index (κ1) is 21.6. The molecule has 0 spiro atoms. The summed E-state index contributed by atoms with van der Waals surface area (Å²) in [7, 11) is 0. The number of aromatic nitrogens is 6. The van der Waals surface area contributed by atoms with Gasteiger partial charge in [-0.15, -0.1) is 5.10 Å². The Morgan fingerprint density at radius 2 is 2.03 bits per heavy atom. The quantitative estimate of drug-likeness (QED) is 0.490. The fourth-order valence-electron chi connectivity index (χ4n) is 4.61. The number of piperidine rings is 1. The molecule has 0 radical (unpaired) electrons. The molecule has 1 aromatic carbocycles. The zero-order valence-electron chi connectivity index (χ0n) is 19.3. The van der Waals surface area contributed by atoms with E-state index < -0.39 is 5.60 Å². The molecular formula is C23H29FN8O. The molecule has 0 bridgehead atoms. The third-order valence-electron chi connectivity index (χ3n) is 6.34. The maximum absolute atomic E-state index is 14.3. The van der Waals surface area contributed by atoms with Crippen LogP contribution in [0.1, 0.15) is 50.9 Å². The molecule has 0 aliphatic carbocycles. The van der Waals surface area contributed by atoms with Crippen molar-refractivity contribution in [1.29, 1.82) is 0 Å². The van der Waals surface area contributed by atoms with Crippen molar-refractivity contribution in [3.63, 3.8) is 0 Å². The highest BCUT2D eigenvalue weighted by Gasteiger charge is 2.30. The van der Waals surface area contributed by atoms with E-state index in [1.807, 2.05) is 12.4 Å². The van der Waals surface area contributed by atoms with Crippen LogP contribution in [0.4, 0.5) is 16.0 Å². The van der Waals surface area contributed by atoms with Gasteiger partial charge in [0.25, 0.3) is 0 Å². The fourth-order valence-corrected chi connectivity index (χ4v) is 4.61. The fraction of sp³-hybridized carbons (Fsp3) is 0.478. The SMILES string of the molecule is Cc1cc2nc(N)n3nc(C4CCC(C)N(c5cnn(CC(C)(C)O)c5)C4)nc3c2cc1F. The smallest absolute Gasteiger partial charge is 0.223 e. The first-order valence-corrected chi connectivity index (χ1v) is 11.2. The predicted octanol–water partition coefficient (Wildman–Crippen LogP) is 3.05. The summed E-state index contributed by atoms with van der Waals surface area (Å²) in [6, 6.07) is 3.48. The van der Waals surface area contributed by atoms with Crippen molar-refractivity contribution in [1.82, 2.24) is 29.4 Å². The van der Waals surface area contributed by atoms with Gasteiger partial charge in [0, 0.05) is 30.1 Å². The highest BCUT2D eigenvalue weighted by Crippen LogP contribution is 2.33. The maximum atomic E-state index is 14.3. The highest BCUT2D eigenvalue weighted by molar-refractivity contribution is 5.92. The Morgan fingerprint density at radius 3 is 2.79 bits per heavy atom. The van der Waals surface area contributed by atoms with E-state index in [0.29, 0.717) is 40.5 Å². The summed E-state index contributed by atoms with van der Waals surface area (Å²) >= 11 is 0. The Labute approximate surface area is 191 Å². The number of anilines is 2.